The van der Waals surface area contributed by atoms with Crippen molar-refractivity contribution in [2.75, 3.05) is 13.2 Å². The molecule has 35 heavy (non-hydrogen) atoms. The maximum atomic E-state index is 14.1. The molecule has 0 bridgehead atoms. The fourth-order valence-corrected chi connectivity index (χ4v) is 5.94. The van der Waals surface area contributed by atoms with Gasteiger partial charge in [0.05, 0.1) is 30.8 Å². The van der Waals surface area contributed by atoms with Crippen LogP contribution in [0.2, 0.25) is 0 Å². The van der Waals surface area contributed by atoms with Gasteiger partial charge in [-0.15, -0.1) is 0 Å². The van der Waals surface area contributed by atoms with Gasteiger partial charge in [0.2, 0.25) is 11.8 Å². The van der Waals surface area contributed by atoms with Crippen molar-refractivity contribution < 1.29 is 29.0 Å². The Morgan fingerprint density at radius 2 is 1.91 bits per heavy atom. The van der Waals surface area contributed by atoms with Crippen molar-refractivity contribution in [1.82, 2.24) is 9.80 Å². The number of nitrogens with zero attached hydrogens (tertiary/aromatic N) is 2. The van der Waals surface area contributed by atoms with E-state index >= 15 is 0 Å². The number of fused-ring (bicyclic) bond motifs is 2. The molecule has 0 saturated carbocycles. The van der Waals surface area contributed by atoms with Crippen LogP contribution in [0.25, 0.3) is 0 Å². The molecule has 0 aliphatic carbocycles. The molecular formula is C27H32N2O6. The van der Waals surface area contributed by atoms with Gasteiger partial charge in [-0.1, -0.05) is 54.6 Å². The quantitative estimate of drug-likeness (QED) is 0.522. The molecule has 5 rings (SSSR count). The molecule has 4 aliphatic rings. The molecule has 1 aromatic carbocycles. The number of esters is 1. The van der Waals surface area contributed by atoms with Gasteiger partial charge in [-0.3, -0.25) is 14.4 Å². The first kappa shape index (κ1) is 23.8. The highest BCUT2D eigenvalue weighted by Crippen LogP contribution is 2.53. The molecular weight excluding hydrogens is 448 g/mol. The lowest BCUT2D eigenvalue weighted by Crippen LogP contribution is -2.57. The fraction of sp³-hybridized carbons (Fsp3) is 0.519. The molecule has 2 saturated heterocycles. The summed E-state index contributed by atoms with van der Waals surface area (Å²) in [5, 5.41) is 9.98. The minimum Gasteiger partial charge on any atom is -0.462 e. The highest BCUT2D eigenvalue weighted by Gasteiger charge is 2.72. The number of aliphatic hydroxyl groups is 1. The van der Waals surface area contributed by atoms with Crippen molar-refractivity contribution >= 4 is 17.8 Å². The van der Waals surface area contributed by atoms with Crippen LogP contribution in [0, 0.1) is 11.8 Å². The molecule has 186 valence electrons. The Labute approximate surface area is 205 Å². The number of cyclic esters (lactones) is 1. The Kier molecular flexibility index (Phi) is 6.27. The molecule has 0 radical (unpaired) electrons. The normalized spacial score (nSPS) is 36.3. The monoisotopic (exact) mass is 480 g/mol. The second-order valence-electron chi connectivity index (χ2n) is 9.98. The lowest BCUT2D eigenvalue weighted by Gasteiger charge is -2.37. The van der Waals surface area contributed by atoms with Gasteiger partial charge in [0.25, 0.3) is 0 Å². The molecule has 7 atom stereocenters. The van der Waals surface area contributed by atoms with E-state index in [9.17, 15) is 19.5 Å². The number of amides is 2. The summed E-state index contributed by atoms with van der Waals surface area (Å²) in [6.45, 7) is 3.97. The number of aliphatic hydroxyl groups excluding tert-OH is 1. The second kappa shape index (κ2) is 9.24. The minimum atomic E-state index is -1.32. The third-order valence-corrected chi connectivity index (χ3v) is 7.63. The summed E-state index contributed by atoms with van der Waals surface area (Å²) in [4.78, 5) is 44.5. The predicted molar refractivity (Wildman–Crippen MR) is 127 cm³/mol. The van der Waals surface area contributed by atoms with Crippen LogP contribution < -0.4 is 0 Å². The van der Waals surface area contributed by atoms with Gasteiger partial charge in [-0.05, 0) is 32.3 Å². The zero-order valence-electron chi connectivity index (χ0n) is 20.1. The molecule has 4 aliphatic heterocycles. The number of allylic oxidation sites excluding steroid dienone is 1. The topological polar surface area (TPSA) is 96.4 Å². The Morgan fingerprint density at radius 3 is 2.66 bits per heavy atom. The van der Waals surface area contributed by atoms with Crippen molar-refractivity contribution in [2.24, 2.45) is 11.8 Å². The number of ether oxygens (including phenoxy) is 2. The number of rotatable bonds is 4. The summed E-state index contributed by atoms with van der Waals surface area (Å²) in [7, 11) is 0. The number of benzene rings is 1. The molecule has 1 aromatic rings. The van der Waals surface area contributed by atoms with Gasteiger partial charge in [0, 0.05) is 13.1 Å². The van der Waals surface area contributed by atoms with E-state index < -0.39 is 41.6 Å². The molecule has 0 aromatic heterocycles. The van der Waals surface area contributed by atoms with Crippen molar-refractivity contribution in [3.63, 3.8) is 0 Å². The summed E-state index contributed by atoms with van der Waals surface area (Å²) in [6, 6.07) is 8.06. The van der Waals surface area contributed by atoms with Gasteiger partial charge in [0.1, 0.15) is 17.6 Å². The summed E-state index contributed by atoms with van der Waals surface area (Å²) in [6.07, 6.45) is 7.92. The average Bonchev–Trinajstić information content (AvgIpc) is 3.26. The molecule has 2 amide bonds. The van der Waals surface area contributed by atoms with Crippen LogP contribution in [0.5, 0.6) is 0 Å². The van der Waals surface area contributed by atoms with E-state index in [1.807, 2.05) is 55.5 Å². The summed E-state index contributed by atoms with van der Waals surface area (Å²) < 4.78 is 12.3. The van der Waals surface area contributed by atoms with E-state index in [4.69, 9.17) is 9.47 Å². The van der Waals surface area contributed by atoms with Crippen molar-refractivity contribution in [1.29, 1.82) is 0 Å². The third-order valence-electron chi connectivity index (χ3n) is 7.63. The van der Waals surface area contributed by atoms with Crippen LogP contribution in [0.3, 0.4) is 0 Å². The largest absolute Gasteiger partial charge is 0.462 e. The Bertz CT molecular complexity index is 1060. The van der Waals surface area contributed by atoms with Gasteiger partial charge in [-0.25, -0.2) is 0 Å². The first-order valence-corrected chi connectivity index (χ1v) is 12.4. The summed E-state index contributed by atoms with van der Waals surface area (Å²) >= 11 is 0. The van der Waals surface area contributed by atoms with Crippen LogP contribution >= 0.6 is 0 Å². The zero-order chi connectivity index (χ0) is 24.7. The molecule has 8 nitrogen and oxygen atoms in total. The lowest BCUT2D eigenvalue weighted by molar-refractivity contribution is -0.159. The predicted octanol–water partition coefficient (Wildman–Crippen LogP) is 1.83. The van der Waals surface area contributed by atoms with Crippen LogP contribution in [0.4, 0.5) is 0 Å². The molecule has 4 heterocycles. The number of carbonyl (C=O) groups excluding carboxylic acids is 3. The third kappa shape index (κ3) is 3.89. The minimum absolute atomic E-state index is 0.257. The van der Waals surface area contributed by atoms with E-state index in [0.29, 0.717) is 19.5 Å². The van der Waals surface area contributed by atoms with Gasteiger partial charge in [0.15, 0.2) is 0 Å². The van der Waals surface area contributed by atoms with Crippen molar-refractivity contribution in [2.45, 2.75) is 63.1 Å². The maximum Gasteiger partial charge on any atom is 0.313 e. The van der Waals surface area contributed by atoms with Crippen LogP contribution in [-0.2, 0) is 30.4 Å². The first-order chi connectivity index (χ1) is 16.9. The molecule has 1 spiro atoms. The molecule has 2 fully saturated rings. The van der Waals surface area contributed by atoms with Gasteiger partial charge >= 0.3 is 5.97 Å². The van der Waals surface area contributed by atoms with Crippen molar-refractivity contribution in [3.8, 4) is 0 Å². The van der Waals surface area contributed by atoms with E-state index in [1.54, 1.807) is 17.9 Å². The Hall–Kier alpha value is -2.97. The second-order valence-corrected chi connectivity index (χ2v) is 9.98. The number of likely N-dealkylation sites (tertiary alicyclic amines) is 1. The molecule has 4 unspecified atom stereocenters. The highest BCUT2D eigenvalue weighted by molar-refractivity contribution is 5.99. The molecule has 1 N–H and O–H groups in total. The van der Waals surface area contributed by atoms with E-state index in [2.05, 4.69) is 0 Å². The summed E-state index contributed by atoms with van der Waals surface area (Å²) in [5.74, 6) is -2.87. The smallest absolute Gasteiger partial charge is 0.313 e. The zero-order valence-corrected chi connectivity index (χ0v) is 20.1. The lowest BCUT2D eigenvalue weighted by atomic mass is 9.78. The van der Waals surface area contributed by atoms with Crippen molar-refractivity contribution in [3.05, 3.63) is 60.2 Å². The van der Waals surface area contributed by atoms with Crippen LogP contribution in [-0.4, -0.2) is 75.7 Å². The SMILES string of the molecule is CC1CC/C=C\[C@H]2OC34C=CCN(Cc5ccccc5)C(=O)[C@H]3N(C(C)CO)C(=O)[C@@H]4C2C(=O)O1. The Balaban J connectivity index is 1.58. The number of hydrogen-bond acceptors (Lipinski definition) is 6. The first-order valence-electron chi connectivity index (χ1n) is 12.4. The van der Waals surface area contributed by atoms with E-state index in [-0.39, 0.29) is 24.5 Å². The summed E-state index contributed by atoms with van der Waals surface area (Å²) in [5.41, 5.74) is -0.344. The van der Waals surface area contributed by atoms with Crippen LogP contribution in [0.15, 0.2) is 54.6 Å². The van der Waals surface area contributed by atoms with Crippen LogP contribution in [0.1, 0.15) is 32.3 Å². The number of carbonyl (C=O) groups is 3. The standard InChI is InChI=1S/C27H32N2O6/c1-17(16-30)29-23-25(32)28(15-19-10-4-3-5-11-19)14-8-13-27(23)22(24(29)31)21-20(35-27)12-7-6-9-18(2)34-26(21)33/h3-5,7-8,10-13,17-18,20-23,30H,6,9,14-16H2,1-2H3/b12-7-/t17?,18?,20-,21?,22+,23-,27?/m1/s1. The number of hydrogen-bond donors (Lipinski definition) is 1. The Morgan fingerprint density at radius 1 is 1.14 bits per heavy atom. The average molecular weight is 481 g/mol. The van der Waals surface area contributed by atoms with E-state index in [0.717, 1.165) is 12.0 Å². The van der Waals surface area contributed by atoms with E-state index in [1.165, 1.54) is 4.90 Å². The molecule has 8 heteroatoms. The maximum absolute atomic E-state index is 14.1. The van der Waals surface area contributed by atoms with Gasteiger partial charge < -0.3 is 24.4 Å². The van der Waals surface area contributed by atoms with Gasteiger partial charge in [-0.2, -0.15) is 0 Å². The highest BCUT2D eigenvalue weighted by atomic mass is 16.6. The fourth-order valence-electron chi connectivity index (χ4n) is 5.94.